The summed E-state index contributed by atoms with van der Waals surface area (Å²) in [7, 11) is 0. The summed E-state index contributed by atoms with van der Waals surface area (Å²) in [5, 5.41) is 3.81. The van der Waals surface area contributed by atoms with Gasteiger partial charge in [-0.1, -0.05) is 6.92 Å². The Labute approximate surface area is 101 Å². The Hall–Kier alpha value is -0.0800. The van der Waals surface area contributed by atoms with E-state index >= 15 is 0 Å². The summed E-state index contributed by atoms with van der Waals surface area (Å²) in [6, 6.07) is 0.755. The van der Waals surface area contributed by atoms with E-state index in [2.05, 4.69) is 31.0 Å². The second-order valence-corrected chi connectivity index (χ2v) is 6.40. The van der Waals surface area contributed by atoms with Gasteiger partial charge in [0.05, 0.1) is 0 Å². The maximum atomic E-state index is 3.81. The van der Waals surface area contributed by atoms with Crippen molar-refractivity contribution >= 4 is 0 Å². The van der Waals surface area contributed by atoms with Gasteiger partial charge >= 0.3 is 0 Å². The molecule has 1 heterocycles. The van der Waals surface area contributed by atoms with Crippen molar-refractivity contribution in [2.75, 3.05) is 19.6 Å². The van der Waals surface area contributed by atoms with Crippen molar-refractivity contribution in [3.63, 3.8) is 0 Å². The maximum Gasteiger partial charge on any atom is 0.0125 e. The first-order valence-corrected chi connectivity index (χ1v) is 7.09. The summed E-state index contributed by atoms with van der Waals surface area (Å²) in [5.74, 6) is 1.05. The number of nitrogens with one attached hydrogen (secondary N) is 1. The van der Waals surface area contributed by atoms with Gasteiger partial charge in [0.25, 0.3) is 0 Å². The zero-order valence-corrected chi connectivity index (χ0v) is 11.3. The Kier molecular flexibility index (Phi) is 3.91. The monoisotopic (exact) mass is 224 g/mol. The average Bonchev–Trinajstić information content (AvgIpc) is 3.05. The van der Waals surface area contributed by atoms with Crippen molar-refractivity contribution in [2.24, 2.45) is 5.92 Å². The lowest BCUT2D eigenvalue weighted by atomic mass is 9.96. The van der Waals surface area contributed by atoms with E-state index in [-0.39, 0.29) is 0 Å². The first kappa shape index (κ1) is 12.4. The number of hydrogen-bond donors (Lipinski definition) is 1. The van der Waals surface area contributed by atoms with E-state index in [4.69, 9.17) is 0 Å². The molecule has 0 aromatic carbocycles. The summed E-state index contributed by atoms with van der Waals surface area (Å²) >= 11 is 0. The molecule has 2 heteroatoms. The van der Waals surface area contributed by atoms with E-state index in [1.165, 1.54) is 51.7 Å². The van der Waals surface area contributed by atoms with Crippen LogP contribution in [0.15, 0.2) is 0 Å². The van der Waals surface area contributed by atoms with Crippen molar-refractivity contribution < 1.29 is 0 Å². The smallest absolute Gasteiger partial charge is 0.0125 e. The van der Waals surface area contributed by atoms with Gasteiger partial charge in [0.15, 0.2) is 0 Å². The lowest BCUT2D eigenvalue weighted by molar-refractivity contribution is 0.171. The highest BCUT2D eigenvalue weighted by Crippen LogP contribution is 2.30. The molecule has 1 saturated carbocycles. The fraction of sp³-hybridized carbons (Fsp3) is 1.00. The molecule has 0 spiro atoms. The van der Waals surface area contributed by atoms with Crippen LogP contribution < -0.4 is 5.32 Å². The van der Waals surface area contributed by atoms with E-state index in [0.29, 0.717) is 5.54 Å². The van der Waals surface area contributed by atoms with Crippen LogP contribution in [0.1, 0.15) is 52.9 Å². The molecule has 1 N–H and O–H groups in total. The average molecular weight is 224 g/mol. The summed E-state index contributed by atoms with van der Waals surface area (Å²) in [6.07, 6.45) is 6.88. The highest BCUT2D eigenvalue weighted by molar-refractivity contribution is 4.86. The SMILES string of the molecule is CCC(C)(C)NC1CCN(CC2CC2)CC1. The molecule has 0 radical (unpaired) electrons. The van der Waals surface area contributed by atoms with Crippen LogP contribution in [0.5, 0.6) is 0 Å². The number of nitrogens with zero attached hydrogens (tertiary/aromatic N) is 1. The molecule has 0 aromatic heterocycles. The van der Waals surface area contributed by atoms with Gasteiger partial charge < -0.3 is 10.2 Å². The second-order valence-electron chi connectivity index (χ2n) is 6.40. The first-order chi connectivity index (χ1) is 7.59. The maximum absolute atomic E-state index is 3.81. The largest absolute Gasteiger partial charge is 0.309 e. The number of likely N-dealkylation sites (tertiary alicyclic amines) is 1. The van der Waals surface area contributed by atoms with E-state index in [1.807, 2.05) is 0 Å². The third-order valence-electron chi connectivity index (χ3n) is 4.28. The molecule has 0 bridgehead atoms. The molecule has 1 saturated heterocycles. The highest BCUT2D eigenvalue weighted by Gasteiger charge is 2.28. The van der Waals surface area contributed by atoms with Gasteiger partial charge in [-0.25, -0.2) is 0 Å². The number of rotatable bonds is 5. The molecular weight excluding hydrogens is 196 g/mol. The Morgan fingerprint density at radius 3 is 2.25 bits per heavy atom. The van der Waals surface area contributed by atoms with Crippen molar-refractivity contribution in [3.8, 4) is 0 Å². The lowest BCUT2D eigenvalue weighted by Gasteiger charge is -2.37. The minimum Gasteiger partial charge on any atom is -0.309 e. The molecule has 2 nitrogen and oxygen atoms in total. The van der Waals surface area contributed by atoms with Crippen molar-refractivity contribution in [2.45, 2.75) is 64.5 Å². The van der Waals surface area contributed by atoms with Crippen LogP contribution in [0.4, 0.5) is 0 Å². The van der Waals surface area contributed by atoms with E-state index in [9.17, 15) is 0 Å². The molecule has 16 heavy (non-hydrogen) atoms. The van der Waals surface area contributed by atoms with Crippen LogP contribution >= 0.6 is 0 Å². The van der Waals surface area contributed by atoms with Gasteiger partial charge in [0.2, 0.25) is 0 Å². The molecule has 0 atom stereocenters. The fourth-order valence-electron chi connectivity index (χ4n) is 2.58. The molecule has 0 unspecified atom stereocenters. The van der Waals surface area contributed by atoms with Crippen LogP contribution in [0.3, 0.4) is 0 Å². The molecule has 94 valence electrons. The fourth-order valence-corrected chi connectivity index (χ4v) is 2.58. The minimum absolute atomic E-state index is 0.323. The molecule has 2 fully saturated rings. The van der Waals surface area contributed by atoms with Gasteiger partial charge in [-0.15, -0.1) is 0 Å². The van der Waals surface area contributed by atoms with Crippen LogP contribution in [0.25, 0.3) is 0 Å². The Balaban J connectivity index is 1.67. The third kappa shape index (κ3) is 3.74. The summed E-state index contributed by atoms with van der Waals surface area (Å²) in [4.78, 5) is 2.68. The number of hydrogen-bond acceptors (Lipinski definition) is 2. The Bertz CT molecular complexity index is 213. The van der Waals surface area contributed by atoms with Gasteiger partial charge in [-0.05, 0) is 65.0 Å². The van der Waals surface area contributed by atoms with Crippen LogP contribution in [0, 0.1) is 5.92 Å². The second kappa shape index (κ2) is 5.05. The molecule has 0 amide bonds. The standard InChI is InChI=1S/C14H28N2/c1-4-14(2,3)15-13-7-9-16(10-8-13)11-12-5-6-12/h12-13,15H,4-11H2,1-3H3. The van der Waals surface area contributed by atoms with Crippen molar-refractivity contribution in [1.82, 2.24) is 10.2 Å². The van der Waals surface area contributed by atoms with Gasteiger partial charge in [0, 0.05) is 18.1 Å². The predicted molar refractivity (Wildman–Crippen MR) is 69.7 cm³/mol. The summed E-state index contributed by atoms with van der Waals surface area (Å²) in [6.45, 7) is 10.9. The Morgan fingerprint density at radius 2 is 1.75 bits per heavy atom. The van der Waals surface area contributed by atoms with Gasteiger partial charge in [-0.2, -0.15) is 0 Å². The topological polar surface area (TPSA) is 15.3 Å². The predicted octanol–water partition coefficient (Wildman–Crippen LogP) is 2.64. The van der Waals surface area contributed by atoms with Gasteiger partial charge in [0.1, 0.15) is 0 Å². The molecule has 2 rings (SSSR count). The molecule has 1 aliphatic heterocycles. The highest BCUT2D eigenvalue weighted by atomic mass is 15.2. The van der Waals surface area contributed by atoms with E-state index < -0.39 is 0 Å². The number of piperidine rings is 1. The summed E-state index contributed by atoms with van der Waals surface area (Å²) in [5.41, 5.74) is 0.323. The minimum atomic E-state index is 0.323. The van der Waals surface area contributed by atoms with E-state index in [1.54, 1.807) is 0 Å². The molecule has 1 aliphatic carbocycles. The molecule has 2 aliphatic rings. The third-order valence-corrected chi connectivity index (χ3v) is 4.28. The van der Waals surface area contributed by atoms with Gasteiger partial charge in [-0.3, -0.25) is 0 Å². The zero-order valence-electron chi connectivity index (χ0n) is 11.3. The first-order valence-electron chi connectivity index (χ1n) is 7.09. The van der Waals surface area contributed by atoms with Crippen LogP contribution in [0.2, 0.25) is 0 Å². The lowest BCUT2D eigenvalue weighted by Crippen LogP contribution is -2.50. The van der Waals surface area contributed by atoms with Crippen LogP contribution in [-0.4, -0.2) is 36.1 Å². The summed E-state index contributed by atoms with van der Waals surface area (Å²) < 4.78 is 0. The van der Waals surface area contributed by atoms with Crippen molar-refractivity contribution in [3.05, 3.63) is 0 Å². The quantitative estimate of drug-likeness (QED) is 0.772. The van der Waals surface area contributed by atoms with E-state index in [0.717, 1.165) is 12.0 Å². The normalized spacial score (nSPS) is 24.9. The molecular formula is C14H28N2. The van der Waals surface area contributed by atoms with Crippen LogP contribution in [-0.2, 0) is 0 Å². The molecule has 0 aromatic rings. The zero-order chi connectivity index (χ0) is 11.6. The van der Waals surface area contributed by atoms with Crippen molar-refractivity contribution in [1.29, 1.82) is 0 Å². The Morgan fingerprint density at radius 1 is 1.12 bits per heavy atom.